The van der Waals surface area contributed by atoms with Gasteiger partial charge in [0.1, 0.15) is 5.69 Å². The van der Waals surface area contributed by atoms with Crippen LogP contribution < -0.4 is 0 Å². The van der Waals surface area contributed by atoms with Gasteiger partial charge in [-0.3, -0.25) is 4.90 Å². The van der Waals surface area contributed by atoms with Crippen LogP contribution in [0, 0.1) is 0 Å². The second-order valence-corrected chi connectivity index (χ2v) is 7.45. The molecule has 5 rings (SSSR count). The molecule has 2 aliphatic heterocycles. The summed E-state index contributed by atoms with van der Waals surface area (Å²) >= 11 is 0. The zero-order valence-corrected chi connectivity index (χ0v) is 15.0. The first-order valence-corrected chi connectivity index (χ1v) is 9.68. The number of rotatable bonds is 4. The molecule has 132 valence electrons. The molecule has 0 N–H and O–H groups in total. The van der Waals surface area contributed by atoms with Crippen LogP contribution in [0.4, 0.5) is 0 Å². The first kappa shape index (κ1) is 15.8. The van der Waals surface area contributed by atoms with Crippen molar-refractivity contribution in [3.05, 3.63) is 71.9 Å². The van der Waals surface area contributed by atoms with Gasteiger partial charge in [0.15, 0.2) is 0 Å². The van der Waals surface area contributed by atoms with Crippen LogP contribution in [0.15, 0.2) is 60.7 Å². The van der Waals surface area contributed by atoms with Crippen molar-refractivity contribution in [2.75, 3.05) is 6.54 Å². The Bertz CT molecular complexity index is 872. The van der Waals surface area contributed by atoms with Crippen molar-refractivity contribution in [3.8, 4) is 11.3 Å². The smallest absolute Gasteiger partial charge is 0.117 e. The topological polar surface area (TPSA) is 34.0 Å². The molecule has 2 aromatic carbocycles. The molecule has 0 aliphatic carbocycles. The van der Waals surface area contributed by atoms with E-state index < -0.39 is 0 Å². The third-order valence-electron chi connectivity index (χ3n) is 5.89. The van der Waals surface area contributed by atoms with Gasteiger partial charge in [0.2, 0.25) is 0 Å². The molecule has 3 aromatic rings. The maximum Gasteiger partial charge on any atom is 0.117 e. The Kier molecular flexibility index (Phi) is 4.06. The fraction of sp³-hybridized carbons (Fsp3) is 0.364. The minimum Gasteiger partial charge on any atom is -0.290 e. The molecule has 0 saturated carbocycles. The second kappa shape index (κ2) is 6.69. The summed E-state index contributed by atoms with van der Waals surface area (Å²) in [5.41, 5.74) is 4.96. The molecule has 0 bridgehead atoms. The molecule has 3 heterocycles. The van der Waals surface area contributed by atoms with Crippen molar-refractivity contribution >= 4 is 0 Å². The summed E-state index contributed by atoms with van der Waals surface area (Å²) in [6.07, 6.45) is 4.79. The highest BCUT2D eigenvalue weighted by Crippen LogP contribution is 2.40. The second-order valence-electron chi connectivity index (χ2n) is 7.45. The van der Waals surface area contributed by atoms with Gasteiger partial charge in [-0.25, -0.2) is 4.68 Å². The van der Waals surface area contributed by atoms with Gasteiger partial charge < -0.3 is 0 Å². The molecule has 1 fully saturated rings. The van der Waals surface area contributed by atoms with Crippen LogP contribution in [0.5, 0.6) is 0 Å². The molecule has 4 nitrogen and oxygen atoms in total. The molecular formula is C22H24N4. The van der Waals surface area contributed by atoms with E-state index in [1.807, 2.05) is 0 Å². The van der Waals surface area contributed by atoms with Crippen LogP contribution in [-0.2, 0) is 13.0 Å². The highest BCUT2D eigenvalue weighted by molar-refractivity contribution is 5.62. The fourth-order valence-electron chi connectivity index (χ4n) is 4.66. The number of hydrogen-bond donors (Lipinski definition) is 0. The number of aromatic nitrogens is 3. The lowest BCUT2D eigenvalue weighted by Gasteiger charge is -2.38. The first-order valence-electron chi connectivity index (χ1n) is 9.68. The van der Waals surface area contributed by atoms with E-state index in [1.165, 1.54) is 36.2 Å². The van der Waals surface area contributed by atoms with Crippen LogP contribution in [0.25, 0.3) is 11.3 Å². The first-order chi connectivity index (χ1) is 12.9. The number of aryl methyl sites for hydroxylation is 1. The van der Waals surface area contributed by atoms with Crippen LogP contribution in [-0.4, -0.2) is 32.5 Å². The Morgan fingerprint density at radius 1 is 0.962 bits per heavy atom. The monoisotopic (exact) mass is 344 g/mol. The van der Waals surface area contributed by atoms with E-state index >= 15 is 0 Å². The maximum absolute atomic E-state index is 4.59. The van der Waals surface area contributed by atoms with Gasteiger partial charge in [0.05, 0.1) is 18.3 Å². The Morgan fingerprint density at radius 2 is 1.73 bits per heavy atom. The lowest BCUT2D eigenvalue weighted by molar-refractivity contribution is 0.117. The maximum atomic E-state index is 4.59. The molecule has 26 heavy (non-hydrogen) atoms. The van der Waals surface area contributed by atoms with Gasteiger partial charge in [-0.05, 0) is 37.8 Å². The van der Waals surface area contributed by atoms with E-state index in [1.54, 1.807) is 0 Å². The molecule has 2 aliphatic rings. The summed E-state index contributed by atoms with van der Waals surface area (Å²) in [5, 5.41) is 9.13. The highest BCUT2D eigenvalue weighted by atomic mass is 15.5. The summed E-state index contributed by atoms with van der Waals surface area (Å²) in [5.74, 6) is 0. The average molecular weight is 344 g/mol. The van der Waals surface area contributed by atoms with E-state index in [0.29, 0.717) is 12.1 Å². The lowest BCUT2D eigenvalue weighted by atomic mass is 9.95. The van der Waals surface area contributed by atoms with Crippen molar-refractivity contribution in [1.29, 1.82) is 0 Å². The average Bonchev–Trinajstić information content (AvgIpc) is 3.33. The van der Waals surface area contributed by atoms with Gasteiger partial charge >= 0.3 is 0 Å². The zero-order chi connectivity index (χ0) is 17.3. The summed E-state index contributed by atoms with van der Waals surface area (Å²) in [6, 6.07) is 22.4. The Hall–Kier alpha value is -2.46. The van der Waals surface area contributed by atoms with Crippen molar-refractivity contribution in [2.24, 2.45) is 0 Å². The van der Waals surface area contributed by atoms with Crippen LogP contribution in [0.2, 0.25) is 0 Å². The molecule has 1 saturated heterocycles. The molecule has 1 aromatic heterocycles. The van der Waals surface area contributed by atoms with Gasteiger partial charge in [-0.1, -0.05) is 65.9 Å². The van der Waals surface area contributed by atoms with Crippen molar-refractivity contribution in [1.82, 2.24) is 19.9 Å². The lowest BCUT2D eigenvalue weighted by Crippen LogP contribution is -2.42. The molecule has 0 spiro atoms. The van der Waals surface area contributed by atoms with Crippen LogP contribution >= 0.6 is 0 Å². The minimum absolute atomic E-state index is 0.404. The SMILES string of the molecule is c1ccc(CC[C@H]2c3c(-c4ccccc4)nnn3C[C@@H]3CCCN32)cc1. The number of hydrogen-bond acceptors (Lipinski definition) is 3. The summed E-state index contributed by atoms with van der Waals surface area (Å²) < 4.78 is 2.18. The Balaban J connectivity index is 1.51. The predicted octanol–water partition coefficient (Wildman–Crippen LogP) is 4.10. The van der Waals surface area contributed by atoms with E-state index in [2.05, 4.69) is 80.6 Å². The standard InChI is InChI=1S/C22H24N4/c1-3-8-17(9-4-1)13-14-20-22-21(18-10-5-2-6-11-18)23-24-26(22)16-19-12-7-15-25(19)20/h1-6,8-11,19-20H,7,12-16H2/t19-,20-/m0/s1. The third kappa shape index (κ3) is 2.74. The van der Waals surface area contributed by atoms with E-state index in [9.17, 15) is 0 Å². The van der Waals surface area contributed by atoms with Crippen molar-refractivity contribution in [3.63, 3.8) is 0 Å². The Labute approximate surface area is 154 Å². The number of nitrogens with zero attached hydrogens (tertiary/aromatic N) is 4. The largest absolute Gasteiger partial charge is 0.290 e. The Morgan fingerprint density at radius 3 is 2.54 bits per heavy atom. The fourth-order valence-corrected chi connectivity index (χ4v) is 4.66. The number of fused-ring (bicyclic) bond motifs is 2. The highest BCUT2D eigenvalue weighted by Gasteiger charge is 2.39. The van der Waals surface area contributed by atoms with E-state index in [0.717, 1.165) is 25.1 Å². The van der Waals surface area contributed by atoms with Gasteiger partial charge in [-0.2, -0.15) is 0 Å². The predicted molar refractivity (Wildman–Crippen MR) is 103 cm³/mol. The van der Waals surface area contributed by atoms with E-state index in [4.69, 9.17) is 0 Å². The molecular weight excluding hydrogens is 320 g/mol. The molecule has 2 atom stereocenters. The van der Waals surface area contributed by atoms with Crippen LogP contribution in [0.1, 0.15) is 36.6 Å². The van der Waals surface area contributed by atoms with Gasteiger partial charge in [-0.15, -0.1) is 5.10 Å². The molecule has 4 heteroatoms. The molecule has 0 amide bonds. The van der Waals surface area contributed by atoms with E-state index in [-0.39, 0.29) is 0 Å². The quantitative estimate of drug-likeness (QED) is 0.715. The van der Waals surface area contributed by atoms with Crippen LogP contribution in [0.3, 0.4) is 0 Å². The summed E-state index contributed by atoms with van der Waals surface area (Å²) in [7, 11) is 0. The van der Waals surface area contributed by atoms with Gasteiger partial charge in [0.25, 0.3) is 0 Å². The molecule has 0 radical (unpaired) electrons. The van der Waals surface area contributed by atoms with Crippen molar-refractivity contribution in [2.45, 2.75) is 44.3 Å². The molecule has 0 unspecified atom stereocenters. The normalized spacial score (nSPS) is 22.2. The number of benzene rings is 2. The summed E-state index contributed by atoms with van der Waals surface area (Å²) in [6.45, 7) is 2.18. The van der Waals surface area contributed by atoms with Crippen molar-refractivity contribution < 1.29 is 0 Å². The summed E-state index contributed by atoms with van der Waals surface area (Å²) in [4.78, 5) is 2.72. The van der Waals surface area contributed by atoms with Gasteiger partial charge in [0, 0.05) is 11.6 Å². The minimum atomic E-state index is 0.404. The zero-order valence-electron chi connectivity index (χ0n) is 15.0. The third-order valence-corrected chi connectivity index (χ3v) is 5.89.